The minimum absolute atomic E-state index is 0.149. The quantitative estimate of drug-likeness (QED) is 0.710. The van der Waals surface area contributed by atoms with Gasteiger partial charge in [-0.25, -0.2) is 0 Å². The summed E-state index contributed by atoms with van der Waals surface area (Å²) < 4.78 is 33.1. The van der Waals surface area contributed by atoms with E-state index >= 15 is 0 Å². The van der Waals surface area contributed by atoms with Gasteiger partial charge in [-0.05, 0) is 38.8 Å². The molecule has 1 unspecified atom stereocenters. The van der Waals surface area contributed by atoms with Crippen molar-refractivity contribution in [3.05, 3.63) is 0 Å². The number of nitrogens with zero attached hydrogens (tertiary/aromatic N) is 2. The second-order valence-electron chi connectivity index (χ2n) is 5.48. The first-order valence-corrected chi connectivity index (χ1v) is 8.75. The molecule has 1 saturated heterocycles. The lowest BCUT2D eigenvalue weighted by molar-refractivity contribution is 0.144. The molecule has 0 aromatic carbocycles. The number of ether oxygens (including phenoxy) is 1. The smallest absolute Gasteiger partial charge is 0.282 e. The average Bonchev–Trinajstić information content (AvgIpc) is 2.45. The van der Waals surface area contributed by atoms with Gasteiger partial charge in [0.2, 0.25) is 0 Å². The molecule has 1 heterocycles. The van der Waals surface area contributed by atoms with E-state index in [4.69, 9.17) is 4.74 Å². The van der Waals surface area contributed by atoms with E-state index in [1.165, 1.54) is 4.31 Å². The molecule has 1 N–H and O–H groups in total. The monoisotopic (exact) mass is 307 g/mol. The van der Waals surface area contributed by atoms with Crippen molar-refractivity contribution in [2.75, 3.05) is 46.9 Å². The third-order valence-electron chi connectivity index (χ3n) is 3.98. The van der Waals surface area contributed by atoms with Crippen LogP contribution < -0.4 is 5.32 Å². The Morgan fingerprint density at radius 3 is 2.50 bits per heavy atom. The van der Waals surface area contributed by atoms with E-state index in [-0.39, 0.29) is 6.04 Å². The maximum absolute atomic E-state index is 12.5. The first kappa shape index (κ1) is 17.8. The van der Waals surface area contributed by atoms with Crippen LogP contribution in [-0.4, -0.2) is 70.0 Å². The van der Waals surface area contributed by atoms with Crippen LogP contribution in [0.1, 0.15) is 26.7 Å². The molecule has 120 valence electrons. The Balaban J connectivity index is 2.54. The molecule has 0 saturated carbocycles. The second kappa shape index (κ2) is 8.29. The summed E-state index contributed by atoms with van der Waals surface area (Å²) in [4.78, 5) is 0. The standard InChI is InChI=1S/C13H29N3O3S/c1-5-14-10-13-6-8-16(9-7-13)20(17,18)15(3)12(2)11-19-4/h12-14H,5-11H2,1-4H3. The van der Waals surface area contributed by atoms with E-state index < -0.39 is 10.2 Å². The Morgan fingerprint density at radius 2 is 2.00 bits per heavy atom. The van der Waals surface area contributed by atoms with Crippen LogP contribution in [0.5, 0.6) is 0 Å². The fourth-order valence-electron chi connectivity index (χ4n) is 2.45. The second-order valence-corrected chi connectivity index (χ2v) is 7.47. The highest BCUT2D eigenvalue weighted by Gasteiger charge is 2.32. The first-order valence-electron chi connectivity index (χ1n) is 7.36. The molecule has 0 aromatic rings. The van der Waals surface area contributed by atoms with Crippen LogP contribution in [0.2, 0.25) is 0 Å². The molecule has 0 aromatic heterocycles. The number of hydrogen-bond donors (Lipinski definition) is 1. The van der Waals surface area contributed by atoms with E-state index in [1.54, 1.807) is 18.5 Å². The summed E-state index contributed by atoms with van der Waals surface area (Å²) in [7, 11) is -0.146. The number of methoxy groups -OCH3 is 1. The van der Waals surface area contributed by atoms with Gasteiger partial charge in [-0.15, -0.1) is 0 Å². The first-order chi connectivity index (χ1) is 9.43. The molecular weight excluding hydrogens is 278 g/mol. The van der Waals surface area contributed by atoms with Crippen LogP contribution in [0.15, 0.2) is 0 Å². The molecule has 1 aliphatic heterocycles. The Bertz CT molecular complexity index is 367. The zero-order valence-electron chi connectivity index (χ0n) is 13.1. The number of piperidine rings is 1. The van der Waals surface area contributed by atoms with Crippen molar-refractivity contribution in [3.63, 3.8) is 0 Å². The Hall–Kier alpha value is -0.210. The summed E-state index contributed by atoms with van der Waals surface area (Å²) in [5, 5.41) is 3.33. The number of likely N-dealkylation sites (N-methyl/N-ethyl adjacent to an activating group) is 1. The molecule has 20 heavy (non-hydrogen) atoms. The van der Waals surface area contributed by atoms with Crippen LogP contribution in [0, 0.1) is 5.92 Å². The van der Waals surface area contributed by atoms with E-state index in [1.807, 2.05) is 6.92 Å². The van der Waals surface area contributed by atoms with E-state index in [2.05, 4.69) is 12.2 Å². The Labute approximate surface area is 123 Å². The molecule has 1 rings (SSSR count). The maximum Gasteiger partial charge on any atom is 0.282 e. The van der Waals surface area contributed by atoms with Crippen LogP contribution >= 0.6 is 0 Å². The van der Waals surface area contributed by atoms with Crippen LogP contribution in [-0.2, 0) is 14.9 Å². The third kappa shape index (κ3) is 4.66. The van der Waals surface area contributed by atoms with E-state index in [0.29, 0.717) is 25.6 Å². The fourth-order valence-corrected chi connectivity index (χ4v) is 4.00. The summed E-state index contributed by atoms with van der Waals surface area (Å²) in [5.41, 5.74) is 0. The lowest BCUT2D eigenvalue weighted by Crippen LogP contribution is -2.50. The average molecular weight is 307 g/mol. The molecule has 1 aliphatic rings. The fraction of sp³-hybridized carbons (Fsp3) is 1.00. The SMILES string of the molecule is CCNCC1CCN(S(=O)(=O)N(C)C(C)COC)CC1. The highest BCUT2D eigenvalue weighted by molar-refractivity contribution is 7.86. The van der Waals surface area contributed by atoms with Crippen molar-refractivity contribution in [3.8, 4) is 0 Å². The van der Waals surface area contributed by atoms with Crippen LogP contribution in [0.25, 0.3) is 0 Å². The van der Waals surface area contributed by atoms with Gasteiger partial charge in [0.1, 0.15) is 0 Å². The molecule has 6 nitrogen and oxygen atoms in total. The van der Waals surface area contributed by atoms with Gasteiger partial charge in [0.05, 0.1) is 6.61 Å². The predicted molar refractivity (Wildman–Crippen MR) is 80.9 cm³/mol. The molecule has 1 fully saturated rings. The summed E-state index contributed by atoms with van der Waals surface area (Å²) in [6.07, 6.45) is 1.86. The van der Waals surface area contributed by atoms with E-state index in [9.17, 15) is 8.42 Å². The normalized spacial score (nSPS) is 20.4. The van der Waals surface area contributed by atoms with Gasteiger partial charge in [0.15, 0.2) is 0 Å². The van der Waals surface area contributed by atoms with Crippen molar-refractivity contribution in [2.24, 2.45) is 5.92 Å². The van der Waals surface area contributed by atoms with Crippen molar-refractivity contribution < 1.29 is 13.2 Å². The molecular formula is C13H29N3O3S. The highest BCUT2D eigenvalue weighted by atomic mass is 32.2. The topological polar surface area (TPSA) is 61.9 Å². The third-order valence-corrected chi connectivity index (χ3v) is 6.08. The predicted octanol–water partition coefficient (Wildman–Crippen LogP) is 0.519. The number of rotatable bonds is 8. The lowest BCUT2D eigenvalue weighted by atomic mass is 9.98. The van der Waals surface area contributed by atoms with Gasteiger partial charge in [0.25, 0.3) is 10.2 Å². The van der Waals surface area contributed by atoms with Gasteiger partial charge in [-0.3, -0.25) is 0 Å². The van der Waals surface area contributed by atoms with Gasteiger partial charge in [0, 0.05) is 33.3 Å². The van der Waals surface area contributed by atoms with Crippen LogP contribution in [0.3, 0.4) is 0 Å². The zero-order chi connectivity index (χ0) is 15.2. The summed E-state index contributed by atoms with van der Waals surface area (Å²) >= 11 is 0. The highest BCUT2D eigenvalue weighted by Crippen LogP contribution is 2.21. The van der Waals surface area contributed by atoms with Crippen molar-refractivity contribution in [1.29, 1.82) is 0 Å². The van der Waals surface area contributed by atoms with Gasteiger partial charge in [-0.1, -0.05) is 6.92 Å². The van der Waals surface area contributed by atoms with Crippen molar-refractivity contribution in [1.82, 2.24) is 13.9 Å². The van der Waals surface area contributed by atoms with Gasteiger partial charge in [-0.2, -0.15) is 17.0 Å². The molecule has 0 spiro atoms. The number of hydrogen-bond acceptors (Lipinski definition) is 4. The zero-order valence-corrected chi connectivity index (χ0v) is 13.9. The Kier molecular flexibility index (Phi) is 7.39. The molecule has 0 aliphatic carbocycles. The largest absolute Gasteiger partial charge is 0.383 e. The van der Waals surface area contributed by atoms with Gasteiger partial charge >= 0.3 is 0 Å². The van der Waals surface area contributed by atoms with Crippen LogP contribution in [0.4, 0.5) is 0 Å². The number of nitrogens with one attached hydrogen (secondary N) is 1. The molecule has 1 atom stereocenters. The van der Waals surface area contributed by atoms with Crippen molar-refractivity contribution >= 4 is 10.2 Å². The minimum Gasteiger partial charge on any atom is -0.383 e. The van der Waals surface area contributed by atoms with E-state index in [0.717, 1.165) is 25.9 Å². The Morgan fingerprint density at radius 1 is 1.40 bits per heavy atom. The molecule has 0 radical (unpaired) electrons. The van der Waals surface area contributed by atoms with Crippen molar-refractivity contribution in [2.45, 2.75) is 32.7 Å². The lowest BCUT2D eigenvalue weighted by Gasteiger charge is -2.35. The summed E-state index contributed by atoms with van der Waals surface area (Å²) in [5.74, 6) is 0.586. The summed E-state index contributed by atoms with van der Waals surface area (Å²) in [6, 6.07) is -0.149. The molecule has 0 amide bonds. The molecule has 0 bridgehead atoms. The maximum atomic E-state index is 12.5. The minimum atomic E-state index is -3.36. The van der Waals surface area contributed by atoms with Gasteiger partial charge < -0.3 is 10.1 Å². The summed E-state index contributed by atoms with van der Waals surface area (Å²) in [6.45, 7) is 7.54. The molecule has 7 heteroatoms.